The van der Waals surface area contributed by atoms with Crippen LogP contribution in [0.5, 0.6) is 5.75 Å². The minimum Gasteiger partial charge on any atom is -0.437 e. The van der Waals surface area contributed by atoms with E-state index in [0.717, 1.165) is 13.3 Å². The Hall–Kier alpha value is -3.01. The van der Waals surface area contributed by atoms with Crippen molar-refractivity contribution >= 4 is 22.1 Å². The molecule has 0 radical (unpaired) electrons. The quantitative estimate of drug-likeness (QED) is 0.528. The molecule has 28 heavy (non-hydrogen) atoms. The summed E-state index contributed by atoms with van der Waals surface area (Å²) < 4.78 is 50.7. The van der Waals surface area contributed by atoms with Crippen LogP contribution in [0.2, 0.25) is 0 Å². The highest BCUT2D eigenvalue weighted by Gasteiger charge is 2.22. The van der Waals surface area contributed by atoms with Crippen molar-refractivity contribution in [1.82, 2.24) is 15.0 Å². The molecule has 10 heteroatoms. The van der Waals surface area contributed by atoms with Gasteiger partial charge < -0.3 is 9.47 Å². The molecular weight excluding hydrogens is 443 g/mol. The van der Waals surface area contributed by atoms with Crippen molar-refractivity contribution < 1.29 is 27.4 Å². The fourth-order valence-corrected chi connectivity index (χ4v) is 2.90. The molecular formula is C18H11BrF3N3O3. The van der Waals surface area contributed by atoms with Gasteiger partial charge in [-0.25, -0.2) is 32.9 Å². The molecule has 0 N–H and O–H groups in total. The van der Waals surface area contributed by atoms with Crippen LogP contribution in [0, 0.1) is 24.4 Å². The highest BCUT2D eigenvalue weighted by atomic mass is 79.9. The minimum atomic E-state index is -1.02. The lowest BCUT2D eigenvalue weighted by Crippen LogP contribution is -2.12. The van der Waals surface area contributed by atoms with Crippen LogP contribution in [0.1, 0.15) is 5.69 Å². The van der Waals surface area contributed by atoms with Gasteiger partial charge in [0.1, 0.15) is 23.0 Å². The third-order valence-electron chi connectivity index (χ3n) is 3.59. The topological polar surface area (TPSA) is 74.2 Å². The predicted octanol–water partition coefficient (Wildman–Crippen LogP) is 4.84. The van der Waals surface area contributed by atoms with Crippen molar-refractivity contribution in [3.8, 4) is 28.5 Å². The van der Waals surface area contributed by atoms with Gasteiger partial charge in [-0.3, -0.25) is 0 Å². The zero-order valence-corrected chi connectivity index (χ0v) is 16.1. The third kappa shape index (κ3) is 3.96. The van der Waals surface area contributed by atoms with Gasteiger partial charge in [0.25, 0.3) is 0 Å². The van der Waals surface area contributed by atoms with Crippen LogP contribution in [0.3, 0.4) is 0 Å². The average Bonchev–Trinajstić information content (AvgIpc) is 2.63. The van der Waals surface area contributed by atoms with E-state index in [2.05, 4.69) is 35.6 Å². The number of benzene rings is 1. The number of halogens is 4. The molecule has 3 rings (SSSR count). The maximum atomic E-state index is 14.2. The number of aromatic nitrogens is 3. The summed E-state index contributed by atoms with van der Waals surface area (Å²) in [4.78, 5) is 23.6. The molecule has 1 aromatic carbocycles. The van der Waals surface area contributed by atoms with E-state index < -0.39 is 23.6 Å². The standard InChI is InChI=1S/C18H11BrF3N3O3/c1-8-16(28-18(26)27-2)14(11-4-3-9(20)5-12(11)19)25-17(24-8)15-13(22)6-10(21)7-23-15/h3-7H,1-2H3. The van der Waals surface area contributed by atoms with E-state index in [9.17, 15) is 18.0 Å². The molecule has 0 fully saturated rings. The highest BCUT2D eigenvalue weighted by Crippen LogP contribution is 2.37. The van der Waals surface area contributed by atoms with Crippen molar-refractivity contribution in [3.63, 3.8) is 0 Å². The van der Waals surface area contributed by atoms with Crippen molar-refractivity contribution in [3.05, 3.63) is 58.1 Å². The number of aryl methyl sites for hydroxylation is 1. The van der Waals surface area contributed by atoms with Crippen LogP contribution in [-0.2, 0) is 4.74 Å². The maximum absolute atomic E-state index is 14.2. The zero-order valence-electron chi connectivity index (χ0n) is 14.5. The van der Waals surface area contributed by atoms with Gasteiger partial charge in [0.05, 0.1) is 19.0 Å². The van der Waals surface area contributed by atoms with Crippen molar-refractivity contribution in [2.45, 2.75) is 6.92 Å². The van der Waals surface area contributed by atoms with E-state index in [1.54, 1.807) is 0 Å². The Morgan fingerprint density at radius 1 is 1.07 bits per heavy atom. The van der Waals surface area contributed by atoms with Crippen LogP contribution >= 0.6 is 15.9 Å². The number of carbonyl (C=O) groups is 1. The van der Waals surface area contributed by atoms with Crippen LogP contribution in [0.4, 0.5) is 18.0 Å². The summed E-state index contributed by atoms with van der Waals surface area (Å²) in [5.74, 6) is -2.57. The first-order valence-electron chi connectivity index (χ1n) is 7.71. The highest BCUT2D eigenvalue weighted by molar-refractivity contribution is 9.10. The summed E-state index contributed by atoms with van der Waals surface area (Å²) in [5, 5.41) is 0. The average molecular weight is 454 g/mol. The SMILES string of the molecule is COC(=O)Oc1c(C)nc(-c2ncc(F)cc2F)nc1-c1ccc(F)cc1Br. The van der Waals surface area contributed by atoms with E-state index >= 15 is 0 Å². The van der Waals surface area contributed by atoms with E-state index in [4.69, 9.17) is 4.74 Å². The molecule has 0 spiro atoms. The number of rotatable bonds is 3. The number of methoxy groups -OCH3 is 1. The summed E-state index contributed by atoms with van der Waals surface area (Å²) in [6.45, 7) is 1.49. The number of nitrogens with zero attached hydrogens (tertiary/aromatic N) is 3. The summed E-state index contributed by atoms with van der Waals surface area (Å²) >= 11 is 3.22. The van der Waals surface area contributed by atoms with Crippen molar-refractivity contribution in [2.75, 3.05) is 7.11 Å². The molecule has 0 aliphatic carbocycles. The molecule has 144 valence electrons. The van der Waals surface area contributed by atoms with Gasteiger partial charge in [0, 0.05) is 16.1 Å². The third-order valence-corrected chi connectivity index (χ3v) is 4.25. The molecule has 0 saturated carbocycles. The number of ether oxygens (including phenoxy) is 2. The van der Waals surface area contributed by atoms with Gasteiger partial charge in [-0.15, -0.1) is 0 Å². The van der Waals surface area contributed by atoms with E-state index in [1.807, 2.05) is 0 Å². The molecule has 0 saturated heterocycles. The van der Waals surface area contributed by atoms with E-state index in [0.29, 0.717) is 16.1 Å². The number of pyridine rings is 1. The lowest BCUT2D eigenvalue weighted by Gasteiger charge is -2.14. The van der Waals surface area contributed by atoms with E-state index in [-0.39, 0.29) is 28.7 Å². The van der Waals surface area contributed by atoms with E-state index in [1.165, 1.54) is 25.1 Å². The molecule has 3 aromatic rings. The Bertz CT molecular complexity index is 1080. The van der Waals surface area contributed by atoms with Gasteiger partial charge in [-0.1, -0.05) is 0 Å². The number of hydrogen-bond donors (Lipinski definition) is 0. The lowest BCUT2D eigenvalue weighted by atomic mass is 10.1. The Balaban J connectivity index is 2.26. The van der Waals surface area contributed by atoms with Gasteiger partial charge >= 0.3 is 6.16 Å². The monoisotopic (exact) mass is 453 g/mol. The van der Waals surface area contributed by atoms with Crippen LogP contribution in [-0.4, -0.2) is 28.2 Å². The molecule has 0 amide bonds. The zero-order chi connectivity index (χ0) is 20.4. The summed E-state index contributed by atoms with van der Waals surface area (Å²) in [6.07, 6.45) is -0.200. The van der Waals surface area contributed by atoms with Gasteiger partial charge in [0.15, 0.2) is 17.4 Å². The fourth-order valence-electron chi connectivity index (χ4n) is 2.36. The summed E-state index contributed by atoms with van der Waals surface area (Å²) in [6, 6.07) is 4.40. The first-order valence-corrected chi connectivity index (χ1v) is 8.50. The van der Waals surface area contributed by atoms with Crippen LogP contribution < -0.4 is 4.74 Å². The molecule has 6 nitrogen and oxygen atoms in total. The molecule has 0 atom stereocenters. The minimum absolute atomic E-state index is 0.0605. The molecule has 0 bridgehead atoms. The molecule has 0 aliphatic heterocycles. The number of carbonyl (C=O) groups excluding carboxylic acids is 1. The normalized spacial score (nSPS) is 10.6. The van der Waals surface area contributed by atoms with Crippen LogP contribution in [0.15, 0.2) is 34.9 Å². The predicted molar refractivity (Wildman–Crippen MR) is 96.0 cm³/mol. The summed E-state index contributed by atoms with van der Waals surface area (Å²) in [7, 11) is 1.12. The van der Waals surface area contributed by atoms with Gasteiger partial charge in [-0.05, 0) is 41.1 Å². The van der Waals surface area contributed by atoms with Crippen molar-refractivity contribution in [2.24, 2.45) is 0 Å². The van der Waals surface area contributed by atoms with Gasteiger partial charge in [0.2, 0.25) is 0 Å². The Kier molecular flexibility index (Phi) is 5.59. The Morgan fingerprint density at radius 3 is 2.46 bits per heavy atom. The fraction of sp³-hybridized carbons (Fsp3) is 0.111. The second-order valence-electron chi connectivity index (χ2n) is 5.47. The Labute approximate surface area is 165 Å². The lowest BCUT2D eigenvalue weighted by molar-refractivity contribution is 0.121. The molecule has 2 aromatic heterocycles. The second kappa shape index (κ2) is 7.93. The molecule has 0 unspecified atom stereocenters. The molecule has 2 heterocycles. The first-order chi connectivity index (χ1) is 13.3. The number of hydrogen-bond acceptors (Lipinski definition) is 6. The second-order valence-corrected chi connectivity index (χ2v) is 6.33. The van der Waals surface area contributed by atoms with Crippen LogP contribution in [0.25, 0.3) is 22.8 Å². The first kappa shape index (κ1) is 19.7. The van der Waals surface area contributed by atoms with Gasteiger partial charge in [-0.2, -0.15) is 0 Å². The maximum Gasteiger partial charge on any atom is 0.513 e. The summed E-state index contributed by atoms with van der Waals surface area (Å²) in [5.41, 5.74) is 0.264. The Morgan fingerprint density at radius 2 is 1.82 bits per heavy atom. The largest absolute Gasteiger partial charge is 0.513 e. The molecule has 0 aliphatic rings. The van der Waals surface area contributed by atoms with Crippen molar-refractivity contribution in [1.29, 1.82) is 0 Å². The smallest absolute Gasteiger partial charge is 0.437 e.